The molecule has 0 unspecified atom stereocenters. The van der Waals surface area contributed by atoms with Crippen molar-refractivity contribution in [2.45, 2.75) is 26.4 Å². The number of benzene rings is 1. The summed E-state index contributed by atoms with van der Waals surface area (Å²) in [4.78, 5) is 8.95. The first kappa shape index (κ1) is 15.3. The van der Waals surface area contributed by atoms with E-state index >= 15 is 0 Å². The van der Waals surface area contributed by atoms with E-state index < -0.39 is 0 Å². The van der Waals surface area contributed by atoms with Gasteiger partial charge in [-0.1, -0.05) is 6.08 Å². The summed E-state index contributed by atoms with van der Waals surface area (Å²) in [6.07, 6.45) is 2.91. The number of hydrogen-bond acceptors (Lipinski definition) is 4. The van der Waals surface area contributed by atoms with Crippen molar-refractivity contribution in [3.8, 4) is 5.75 Å². The predicted molar refractivity (Wildman–Crippen MR) is 86.6 cm³/mol. The van der Waals surface area contributed by atoms with Crippen LogP contribution in [-0.4, -0.2) is 50.8 Å². The zero-order valence-corrected chi connectivity index (χ0v) is 13.6. The zero-order chi connectivity index (χ0) is 15.7. The van der Waals surface area contributed by atoms with Crippen LogP contribution in [0.2, 0.25) is 0 Å². The summed E-state index contributed by atoms with van der Waals surface area (Å²) >= 11 is 0. The van der Waals surface area contributed by atoms with Gasteiger partial charge in [0.25, 0.3) is 0 Å². The van der Waals surface area contributed by atoms with Crippen LogP contribution in [0.15, 0.2) is 11.1 Å². The van der Waals surface area contributed by atoms with Crippen LogP contribution >= 0.6 is 0 Å². The van der Waals surface area contributed by atoms with Crippen LogP contribution in [0, 0.1) is 5.82 Å². The molecule has 0 aromatic heterocycles. The average molecular weight is 305 g/mol. The number of ether oxygens (including phenoxy) is 1. The summed E-state index contributed by atoms with van der Waals surface area (Å²) in [6.45, 7) is 8.17. The highest BCUT2D eigenvalue weighted by atomic mass is 19.1. The molecule has 1 aromatic rings. The van der Waals surface area contributed by atoms with E-state index in [0.717, 1.165) is 49.7 Å². The maximum atomic E-state index is 14.8. The first-order chi connectivity index (χ1) is 10.6. The van der Waals surface area contributed by atoms with Crippen LogP contribution in [0.3, 0.4) is 0 Å². The lowest BCUT2D eigenvalue weighted by molar-refractivity contribution is 0.236. The molecule has 1 saturated heterocycles. The third kappa shape index (κ3) is 2.95. The van der Waals surface area contributed by atoms with Crippen LogP contribution in [0.5, 0.6) is 5.75 Å². The van der Waals surface area contributed by atoms with Gasteiger partial charge in [0.2, 0.25) is 0 Å². The lowest BCUT2D eigenvalue weighted by Gasteiger charge is -2.35. The number of fused-ring (bicyclic) bond motifs is 1. The third-order valence-corrected chi connectivity index (χ3v) is 4.15. The Morgan fingerprint density at radius 3 is 2.64 bits per heavy atom. The molecule has 0 aliphatic carbocycles. The first-order valence-electron chi connectivity index (χ1n) is 8.03. The van der Waals surface area contributed by atoms with E-state index in [-0.39, 0.29) is 11.9 Å². The standard InChI is InChI=1S/C17H24FN3O/c1-12(2)22-17-15-13(5-4-6-19-15)11-14(18)16(17)21-9-7-20(3)8-10-21/h5,11-12H,4,6-10H2,1-3H3. The Morgan fingerprint density at radius 2 is 1.95 bits per heavy atom. The Hall–Kier alpha value is -1.62. The molecule has 2 aliphatic rings. The lowest BCUT2D eigenvalue weighted by Crippen LogP contribution is -2.46. The predicted octanol–water partition coefficient (Wildman–Crippen LogP) is 1.17. The van der Waals surface area contributed by atoms with Gasteiger partial charge in [0, 0.05) is 37.9 Å². The Kier molecular flexibility index (Phi) is 4.34. The molecule has 1 fully saturated rings. The van der Waals surface area contributed by atoms with Crippen LogP contribution in [0.25, 0.3) is 6.08 Å². The van der Waals surface area contributed by atoms with Crippen LogP contribution in [0.1, 0.15) is 20.3 Å². The van der Waals surface area contributed by atoms with Crippen molar-refractivity contribution in [1.82, 2.24) is 4.90 Å². The van der Waals surface area contributed by atoms with Gasteiger partial charge in [-0.15, -0.1) is 0 Å². The number of halogens is 1. The van der Waals surface area contributed by atoms with Gasteiger partial charge in [0.15, 0.2) is 11.6 Å². The van der Waals surface area contributed by atoms with Gasteiger partial charge in [-0.25, -0.2) is 4.39 Å². The van der Waals surface area contributed by atoms with Crippen molar-refractivity contribution in [2.75, 3.05) is 44.7 Å². The maximum Gasteiger partial charge on any atom is 0.171 e. The molecule has 0 atom stereocenters. The monoisotopic (exact) mass is 305 g/mol. The summed E-state index contributed by atoms with van der Waals surface area (Å²) in [7, 11) is 2.09. The van der Waals surface area contributed by atoms with Gasteiger partial charge in [0.05, 0.1) is 6.10 Å². The van der Waals surface area contributed by atoms with Crippen LogP contribution < -0.4 is 20.2 Å². The highest BCUT2D eigenvalue weighted by molar-refractivity contribution is 5.61. The van der Waals surface area contributed by atoms with Crippen LogP contribution in [0.4, 0.5) is 10.1 Å². The van der Waals surface area contributed by atoms with E-state index in [4.69, 9.17) is 4.74 Å². The van der Waals surface area contributed by atoms with Crippen molar-refractivity contribution in [2.24, 2.45) is 4.99 Å². The number of rotatable bonds is 3. The minimum Gasteiger partial charge on any atom is -0.486 e. The Labute approximate surface area is 130 Å². The number of anilines is 1. The number of likely N-dealkylation sites (N-methyl/N-ethyl adjacent to an activating group) is 1. The highest BCUT2D eigenvalue weighted by Crippen LogP contribution is 2.29. The van der Waals surface area contributed by atoms with Crippen LogP contribution in [-0.2, 0) is 0 Å². The quantitative estimate of drug-likeness (QED) is 0.839. The fourth-order valence-electron chi connectivity index (χ4n) is 3.01. The molecule has 4 nitrogen and oxygen atoms in total. The van der Waals surface area contributed by atoms with Gasteiger partial charge >= 0.3 is 0 Å². The van der Waals surface area contributed by atoms with Gasteiger partial charge < -0.3 is 14.5 Å². The molecule has 5 heteroatoms. The highest BCUT2D eigenvalue weighted by Gasteiger charge is 2.24. The minimum absolute atomic E-state index is 0.00533. The van der Waals surface area contributed by atoms with E-state index in [1.165, 1.54) is 0 Å². The Morgan fingerprint density at radius 1 is 1.23 bits per heavy atom. The number of hydrogen-bond donors (Lipinski definition) is 0. The second kappa shape index (κ2) is 6.24. The smallest absolute Gasteiger partial charge is 0.171 e. The van der Waals surface area contributed by atoms with Gasteiger partial charge in [-0.05, 0) is 33.4 Å². The Balaban J connectivity index is 2.12. The molecule has 0 bridgehead atoms. The molecule has 2 heterocycles. The molecular formula is C17H24FN3O. The topological polar surface area (TPSA) is 28.1 Å². The number of piperazine rings is 1. The van der Waals surface area contributed by atoms with Crippen molar-refractivity contribution in [3.05, 3.63) is 22.5 Å². The maximum absolute atomic E-state index is 14.8. The third-order valence-electron chi connectivity index (χ3n) is 4.15. The van der Waals surface area contributed by atoms with E-state index in [1.807, 2.05) is 19.9 Å². The van der Waals surface area contributed by atoms with Crippen molar-refractivity contribution >= 4 is 11.8 Å². The van der Waals surface area contributed by atoms with E-state index in [2.05, 4.69) is 21.8 Å². The fraction of sp³-hybridized carbons (Fsp3) is 0.588. The summed E-state index contributed by atoms with van der Waals surface area (Å²) in [5.74, 6) is 0.415. The molecule has 0 radical (unpaired) electrons. The molecule has 2 aliphatic heterocycles. The summed E-state index contributed by atoms with van der Waals surface area (Å²) in [5, 5.41) is 1.67. The summed E-state index contributed by atoms with van der Waals surface area (Å²) in [5.41, 5.74) is 0.583. The van der Waals surface area contributed by atoms with Gasteiger partial charge in [-0.3, -0.25) is 4.99 Å². The van der Waals surface area contributed by atoms with Gasteiger partial charge in [0.1, 0.15) is 11.0 Å². The first-order valence-corrected chi connectivity index (χ1v) is 8.03. The van der Waals surface area contributed by atoms with Gasteiger partial charge in [-0.2, -0.15) is 0 Å². The van der Waals surface area contributed by atoms with E-state index in [1.54, 1.807) is 6.07 Å². The molecule has 3 rings (SSSR count). The van der Waals surface area contributed by atoms with Crippen molar-refractivity contribution < 1.29 is 9.13 Å². The summed E-state index contributed by atoms with van der Waals surface area (Å²) < 4.78 is 20.8. The molecule has 0 spiro atoms. The number of nitrogens with zero attached hydrogens (tertiary/aromatic N) is 3. The SMILES string of the molecule is CC(C)Oc1c(N2CCN(C)CC2)c(F)cc2c1=NCCC=2. The van der Waals surface area contributed by atoms with Crippen molar-refractivity contribution in [3.63, 3.8) is 0 Å². The second-order valence-electron chi connectivity index (χ2n) is 6.31. The summed E-state index contributed by atoms with van der Waals surface area (Å²) in [6, 6.07) is 1.61. The molecule has 0 saturated carbocycles. The average Bonchev–Trinajstić information content (AvgIpc) is 2.48. The largest absolute Gasteiger partial charge is 0.486 e. The molecule has 1 aromatic carbocycles. The van der Waals surface area contributed by atoms with E-state index in [0.29, 0.717) is 11.4 Å². The minimum atomic E-state index is -0.202. The normalized spacial score (nSPS) is 18.7. The molecule has 0 N–H and O–H groups in total. The molecule has 22 heavy (non-hydrogen) atoms. The van der Waals surface area contributed by atoms with E-state index in [9.17, 15) is 4.39 Å². The second-order valence-corrected chi connectivity index (χ2v) is 6.31. The lowest BCUT2D eigenvalue weighted by atomic mass is 10.1. The molecule has 120 valence electrons. The fourth-order valence-corrected chi connectivity index (χ4v) is 3.01. The zero-order valence-electron chi connectivity index (χ0n) is 13.6. The Bertz CT molecular complexity index is 663. The van der Waals surface area contributed by atoms with Crippen molar-refractivity contribution in [1.29, 1.82) is 0 Å². The molecule has 0 amide bonds. The molecular weight excluding hydrogens is 281 g/mol.